The quantitative estimate of drug-likeness (QED) is 0.927. The summed E-state index contributed by atoms with van der Waals surface area (Å²) in [5, 5.41) is 0. The molecular weight excluding hydrogens is 252 g/mol. The van der Waals surface area contributed by atoms with Gasteiger partial charge in [-0.25, -0.2) is 13.8 Å². The van der Waals surface area contributed by atoms with Crippen LogP contribution in [0.2, 0.25) is 0 Å². The van der Waals surface area contributed by atoms with Crippen LogP contribution in [0.4, 0.5) is 26.1 Å². The van der Waals surface area contributed by atoms with Crippen LogP contribution in [0.25, 0.3) is 0 Å². The number of pyridine rings is 1. The Hall–Kier alpha value is -2.37. The van der Waals surface area contributed by atoms with Crippen LogP contribution < -0.4 is 15.4 Å². The number of nitrogens with zero attached hydrogens (tertiary/aromatic N) is 2. The Morgan fingerprint density at radius 1 is 1.21 bits per heavy atom. The molecule has 0 aliphatic heterocycles. The molecule has 1 heterocycles. The van der Waals surface area contributed by atoms with Crippen molar-refractivity contribution in [1.82, 2.24) is 4.98 Å². The van der Waals surface area contributed by atoms with E-state index in [-0.39, 0.29) is 11.6 Å². The Bertz CT molecular complexity index is 604. The minimum atomic E-state index is -0.875. The SMILES string of the molecule is COc1cccc(N(C)c2nc(N)c(F)cc2F)c1. The van der Waals surface area contributed by atoms with Gasteiger partial charge in [-0.05, 0) is 12.1 Å². The van der Waals surface area contributed by atoms with Gasteiger partial charge in [0, 0.05) is 24.9 Å². The number of hydrogen-bond acceptors (Lipinski definition) is 4. The number of rotatable bonds is 3. The fraction of sp³-hybridized carbons (Fsp3) is 0.154. The second kappa shape index (κ2) is 5.09. The topological polar surface area (TPSA) is 51.4 Å². The third-order valence-corrected chi connectivity index (χ3v) is 2.70. The van der Waals surface area contributed by atoms with Crippen molar-refractivity contribution < 1.29 is 13.5 Å². The highest BCUT2D eigenvalue weighted by atomic mass is 19.1. The van der Waals surface area contributed by atoms with Gasteiger partial charge in [-0.2, -0.15) is 0 Å². The van der Waals surface area contributed by atoms with Crippen LogP contribution in [0, 0.1) is 11.6 Å². The van der Waals surface area contributed by atoms with E-state index in [0.29, 0.717) is 17.5 Å². The molecule has 0 spiro atoms. The summed E-state index contributed by atoms with van der Waals surface area (Å²) in [4.78, 5) is 5.18. The zero-order valence-electron chi connectivity index (χ0n) is 10.5. The zero-order valence-corrected chi connectivity index (χ0v) is 10.5. The number of aromatic nitrogens is 1. The van der Waals surface area contributed by atoms with Gasteiger partial charge in [-0.3, -0.25) is 0 Å². The van der Waals surface area contributed by atoms with Crippen molar-refractivity contribution in [2.45, 2.75) is 0 Å². The standard InChI is InChI=1S/C13H13F2N3O/c1-18(8-4-3-5-9(6-8)19-2)13-11(15)7-10(14)12(16)17-13/h3-7H,1-2H3,(H2,16,17). The largest absolute Gasteiger partial charge is 0.497 e. The van der Waals surface area contributed by atoms with Crippen molar-refractivity contribution in [1.29, 1.82) is 0 Å². The Morgan fingerprint density at radius 3 is 2.63 bits per heavy atom. The van der Waals surface area contributed by atoms with Gasteiger partial charge >= 0.3 is 0 Å². The summed E-state index contributed by atoms with van der Waals surface area (Å²) >= 11 is 0. The summed E-state index contributed by atoms with van der Waals surface area (Å²) in [7, 11) is 3.14. The summed E-state index contributed by atoms with van der Waals surface area (Å²) in [6, 6.07) is 7.70. The van der Waals surface area contributed by atoms with Crippen molar-refractivity contribution >= 4 is 17.3 Å². The maximum atomic E-state index is 13.7. The van der Waals surface area contributed by atoms with Gasteiger partial charge in [0.05, 0.1) is 7.11 Å². The molecule has 2 N–H and O–H groups in total. The summed E-state index contributed by atoms with van der Waals surface area (Å²) in [5.41, 5.74) is 6.01. The highest BCUT2D eigenvalue weighted by Crippen LogP contribution is 2.28. The average molecular weight is 265 g/mol. The van der Waals surface area contributed by atoms with E-state index in [1.165, 1.54) is 12.0 Å². The molecule has 0 amide bonds. The first-order valence-electron chi connectivity index (χ1n) is 5.52. The minimum absolute atomic E-state index is 0.0489. The molecule has 4 nitrogen and oxygen atoms in total. The molecule has 0 fully saturated rings. The highest BCUT2D eigenvalue weighted by molar-refractivity contribution is 5.62. The van der Waals surface area contributed by atoms with Gasteiger partial charge < -0.3 is 15.4 Å². The van der Waals surface area contributed by atoms with E-state index in [4.69, 9.17) is 10.5 Å². The molecule has 2 aromatic rings. The van der Waals surface area contributed by atoms with E-state index in [0.717, 1.165) is 0 Å². The monoisotopic (exact) mass is 265 g/mol. The van der Waals surface area contributed by atoms with Crippen LogP contribution in [-0.2, 0) is 0 Å². The first kappa shape index (κ1) is 13.1. The maximum Gasteiger partial charge on any atom is 0.171 e. The third kappa shape index (κ3) is 2.57. The molecule has 0 aliphatic carbocycles. The molecule has 0 aliphatic rings. The Kier molecular flexibility index (Phi) is 3.50. The van der Waals surface area contributed by atoms with Crippen LogP contribution in [-0.4, -0.2) is 19.1 Å². The van der Waals surface area contributed by atoms with Crippen molar-refractivity contribution in [2.75, 3.05) is 24.8 Å². The van der Waals surface area contributed by atoms with E-state index in [2.05, 4.69) is 4.98 Å². The normalized spacial score (nSPS) is 10.3. The molecule has 0 bridgehead atoms. The predicted molar refractivity (Wildman–Crippen MR) is 69.6 cm³/mol. The van der Waals surface area contributed by atoms with E-state index >= 15 is 0 Å². The fourth-order valence-corrected chi connectivity index (χ4v) is 1.65. The smallest absolute Gasteiger partial charge is 0.171 e. The molecule has 0 saturated heterocycles. The minimum Gasteiger partial charge on any atom is -0.497 e. The predicted octanol–water partition coefficient (Wildman–Crippen LogP) is 2.72. The van der Waals surface area contributed by atoms with Crippen LogP contribution in [0.3, 0.4) is 0 Å². The number of nitrogens with two attached hydrogens (primary N) is 1. The molecule has 2 rings (SSSR count). The summed E-state index contributed by atoms with van der Waals surface area (Å²) in [6.45, 7) is 0. The van der Waals surface area contributed by atoms with Gasteiger partial charge in [0.2, 0.25) is 0 Å². The number of anilines is 3. The molecule has 1 aromatic heterocycles. The fourth-order valence-electron chi connectivity index (χ4n) is 1.65. The van der Waals surface area contributed by atoms with E-state index in [9.17, 15) is 8.78 Å². The molecule has 0 radical (unpaired) electrons. The van der Waals surface area contributed by atoms with Crippen LogP contribution >= 0.6 is 0 Å². The Balaban J connectivity index is 2.43. The number of benzene rings is 1. The first-order chi connectivity index (χ1) is 9.02. The second-order valence-electron chi connectivity index (χ2n) is 3.92. The van der Waals surface area contributed by atoms with Crippen LogP contribution in [0.15, 0.2) is 30.3 Å². The maximum absolute atomic E-state index is 13.7. The Morgan fingerprint density at radius 2 is 1.95 bits per heavy atom. The second-order valence-corrected chi connectivity index (χ2v) is 3.92. The molecule has 0 unspecified atom stereocenters. The van der Waals surface area contributed by atoms with Crippen LogP contribution in [0.5, 0.6) is 5.75 Å². The number of ether oxygens (including phenoxy) is 1. The van der Waals surface area contributed by atoms with Gasteiger partial charge in [0.1, 0.15) is 5.75 Å². The number of halogens is 2. The van der Waals surface area contributed by atoms with E-state index in [1.807, 2.05) is 0 Å². The summed E-state index contributed by atoms with van der Waals surface area (Å²) < 4.78 is 31.9. The first-order valence-corrected chi connectivity index (χ1v) is 5.52. The molecule has 0 saturated carbocycles. The van der Waals surface area contributed by atoms with Crippen molar-refractivity contribution in [3.05, 3.63) is 42.0 Å². The molecule has 6 heteroatoms. The van der Waals surface area contributed by atoms with Crippen molar-refractivity contribution in [2.24, 2.45) is 0 Å². The van der Waals surface area contributed by atoms with Crippen molar-refractivity contribution in [3.8, 4) is 5.75 Å². The lowest BCUT2D eigenvalue weighted by atomic mass is 10.2. The molecule has 100 valence electrons. The summed E-state index contributed by atoms with van der Waals surface area (Å²) in [5.74, 6) is -1.42. The lowest BCUT2D eigenvalue weighted by molar-refractivity contribution is 0.415. The molecule has 19 heavy (non-hydrogen) atoms. The molecule has 0 atom stereocenters. The van der Waals surface area contributed by atoms with Gasteiger partial charge in [0.15, 0.2) is 23.3 Å². The average Bonchev–Trinajstić information content (AvgIpc) is 2.42. The summed E-state index contributed by atoms with van der Waals surface area (Å²) in [6.07, 6.45) is 0. The van der Waals surface area contributed by atoms with E-state index in [1.54, 1.807) is 31.3 Å². The van der Waals surface area contributed by atoms with Gasteiger partial charge in [0.25, 0.3) is 0 Å². The van der Waals surface area contributed by atoms with Crippen LogP contribution in [0.1, 0.15) is 0 Å². The zero-order chi connectivity index (χ0) is 14.0. The highest BCUT2D eigenvalue weighted by Gasteiger charge is 2.15. The van der Waals surface area contributed by atoms with Gasteiger partial charge in [-0.1, -0.05) is 6.07 Å². The molecule has 1 aromatic carbocycles. The number of hydrogen-bond donors (Lipinski definition) is 1. The Labute approximate surface area is 109 Å². The lowest BCUT2D eigenvalue weighted by Gasteiger charge is -2.19. The number of methoxy groups -OCH3 is 1. The van der Waals surface area contributed by atoms with E-state index < -0.39 is 11.6 Å². The lowest BCUT2D eigenvalue weighted by Crippen LogP contribution is -2.14. The van der Waals surface area contributed by atoms with Crippen molar-refractivity contribution in [3.63, 3.8) is 0 Å². The van der Waals surface area contributed by atoms with Gasteiger partial charge in [-0.15, -0.1) is 0 Å². The third-order valence-electron chi connectivity index (χ3n) is 2.70. The molecular formula is C13H13F2N3O. The number of nitrogen functional groups attached to an aromatic ring is 1.